The second kappa shape index (κ2) is 7.87. The molecule has 0 spiro atoms. The fraction of sp³-hybridized carbons (Fsp3) is 0.625. The van der Waals surface area contributed by atoms with Crippen LogP contribution in [0.2, 0.25) is 5.02 Å². The number of aliphatic hydroxyl groups excluding tert-OH is 1. The minimum Gasteiger partial charge on any atom is -0.493 e. The number of likely N-dealkylation sites (tertiary alicyclic amines) is 1. The first-order chi connectivity index (χ1) is 10.2. The van der Waals surface area contributed by atoms with Crippen LogP contribution in [0.1, 0.15) is 31.2 Å². The van der Waals surface area contributed by atoms with Crippen LogP contribution in [0.25, 0.3) is 0 Å². The predicted molar refractivity (Wildman–Crippen MR) is 84.3 cm³/mol. The van der Waals surface area contributed by atoms with Crippen molar-refractivity contribution in [2.45, 2.75) is 38.3 Å². The Morgan fingerprint density at radius 1 is 1.33 bits per heavy atom. The van der Waals surface area contributed by atoms with Crippen molar-refractivity contribution in [3.63, 3.8) is 0 Å². The summed E-state index contributed by atoms with van der Waals surface area (Å²) in [6.07, 6.45) is 4.31. The van der Waals surface area contributed by atoms with Gasteiger partial charge >= 0.3 is 0 Å². The van der Waals surface area contributed by atoms with Crippen LogP contribution >= 0.6 is 11.6 Å². The molecular formula is C16H24ClNO3. The van der Waals surface area contributed by atoms with E-state index in [2.05, 4.69) is 4.90 Å². The highest BCUT2D eigenvalue weighted by Crippen LogP contribution is 2.38. The molecule has 0 radical (unpaired) electrons. The number of hydrogen-bond donors (Lipinski definition) is 1. The van der Waals surface area contributed by atoms with Gasteiger partial charge in [0.15, 0.2) is 11.5 Å². The second-order valence-electron chi connectivity index (χ2n) is 5.41. The molecule has 5 heteroatoms. The maximum absolute atomic E-state index is 9.00. The summed E-state index contributed by atoms with van der Waals surface area (Å²) in [6.45, 7) is 2.16. The Kier molecular flexibility index (Phi) is 6.15. The summed E-state index contributed by atoms with van der Waals surface area (Å²) < 4.78 is 10.6. The van der Waals surface area contributed by atoms with Gasteiger partial charge in [-0.3, -0.25) is 4.90 Å². The third-order valence-corrected chi connectivity index (χ3v) is 4.55. The summed E-state index contributed by atoms with van der Waals surface area (Å²) >= 11 is 6.45. The number of halogens is 1. The van der Waals surface area contributed by atoms with Crippen molar-refractivity contribution in [2.24, 2.45) is 0 Å². The maximum atomic E-state index is 9.00. The summed E-state index contributed by atoms with van der Waals surface area (Å²) in [5.41, 5.74) is 1.06. The minimum atomic E-state index is 0.265. The molecule has 1 aromatic rings. The van der Waals surface area contributed by atoms with Gasteiger partial charge in [0, 0.05) is 19.2 Å². The number of benzene rings is 1. The molecule has 1 atom stereocenters. The van der Waals surface area contributed by atoms with Crippen LogP contribution in [0.3, 0.4) is 0 Å². The molecule has 118 valence electrons. The molecule has 1 fully saturated rings. The zero-order valence-corrected chi connectivity index (χ0v) is 13.5. The van der Waals surface area contributed by atoms with Gasteiger partial charge in [0.2, 0.25) is 0 Å². The second-order valence-corrected chi connectivity index (χ2v) is 5.78. The molecule has 0 aliphatic carbocycles. The van der Waals surface area contributed by atoms with Crippen molar-refractivity contribution in [1.29, 1.82) is 0 Å². The molecule has 21 heavy (non-hydrogen) atoms. The number of methoxy groups -OCH3 is 2. The monoisotopic (exact) mass is 313 g/mol. The van der Waals surface area contributed by atoms with Gasteiger partial charge in [-0.25, -0.2) is 0 Å². The first-order valence-electron chi connectivity index (χ1n) is 7.45. The Hall–Kier alpha value is -0.970. The van der Waals surface area contributed by atoms with Crippen LogP contribution in [0.15, 0.2) is 12.1 Å². The Labute approximate surface area is 131 Å². The summed E-state index contributed by atoms with van der Waals surface area (Å²) in [4.78, 5) is 2.45. The lowest BCUT2D eigenvalue weighted by Crippen LogP contribution is -2.29. The number of nitrogens with zero attached hydrogens (tertiary/aromatic N) is 1. The normalized spacial score (nSPS) is 19.0. The molecule has 1 heterocycles. The van der Waals surface area contributed by atoms with E-state index >= 15 is 0 Å². The molecule has 1 aliphatic rings. The van der Waals surface area contributed by atoms with E-state index in [0.29, 0.717) is 22.6 Å². The van der Waals surface area contributed by atoms with Gasteiger partial charge in [0.05, 0.1) is 19.2 Å². The molecule has 4 nitrogen and oxygen atoms in total. The van der Waals surface area contributed by atoms with E-state index in [4.69, 9.17) is 26.2 Å². The van der Waals surface area contributed by atoms with Crippen LogP contribution in [-0.4, -0.2) is 43.4 Å². The highest BCUT2D eigenvalue weighted by Gasteiger charge is 2.25. The smallest absolute Gasteiger partial charge is 0.179 e. The Balaban J connectivity index is 2.12. The van der Waals surface area contributed by atoms with Crippen molar-refractivity contribution in [3.05, 3.63) is 22.7 Å². The molecule has 1 aliphatic heterocycles. The van der Waals surface area contributed by atoms with Crippen LogP contribution < -0.4 is 9.47 Å². The van der Waals surface area contributed by atoms with Crippen LogP contribution in [0.4, 0.5) is 0 Å². The molecule has 1 unspecified atom stereocenters. The predicted octanol–water partition coefficient (Wildman–Crippen LogP) is 3.09. The lowest BCUT2D eigenvalue weighted by molar-refractivity contribution is 0.210. The Morgan fingerprint density at radius 2 is 2.14 bits per heavy atom. The molecule has 1 saturated heterocycles. The SMILES string of the molecule is COc1ccc(CN2CCCC2CCCO)c(Cl)c1OC. The van der Waals surface area contributed by atoms with Crippen LogP contribution in [0, 0.1) is 0 Å². The van der Waals surface area contributed by atoms with Crippen LogP contribution in [0.5, 0.6) is 11.5 Å². The fourth-order valence-corrected chi connectivity index (χ4v) is 3.32. The first kappa shape index (κ1) is 16.4. The Morgan fingerprint density at radius 3 is 2.81 bits per heavy atom. The first-order valence-corrected chi connectivity index (χ1v) is 7.83. The number of aliphatic hydroxyl groups is 1. The standard InChI is InChI=1S/C16H24ClNO3/c1-20-14-8-7-12(15(17)16(14)21-2)11-18-9-3-5-13(18)6-4-10-19/h7-8,13,19H,3-6,9-11H2,1-2H3. The summed E-state index contributed by atoms with van der Waals surface area (Å²) in [5, 5.41) is 9.63. The van der Waals surface area contributed by atoms with Gasteiger partial charge in [-0.2, -0.15) is 0 Å². The third kappa shape index (κ3) is 3.82. The summed E-state index contributed by atoms with van der Waals surface area (Å²) in [6, 6.07) is 4.45. The molecular weight excluding hydrogens is 290 g/mol. The van der Waals surface area contributed by atoms with E-state index in [0.717, 1.165) is 31.5 Å². The van der Waals surface area contributed by atoms with Crippen molar-refractivity contribution in [1.82, 2.24) is 4.90 Å². The largest absolute Gasteiger partial charge is 0.493 e. The topological polar surface area (TPSA) is 41.9 Å². The maximum Gasteiger partial charge on any atom is 0.179 e. The van der Waals surface area contributed by atoms with E-state index in [1.54, 1.807) is 14.2 Å². The third-order valence-electron chi connectivity index (χ3n) is 4.13. The van der Waals surface area contributed by atoms with Crippen molar-refractivity contribution in [3.8, 4) is 11.5 Å². The van der Waals surface area contributed by atoms with E-state index < -0.39 is 0 Å². The summed E-state index contributed by atoms with van der Waals surface area (Å²) in [5.74, 6) is 1.26. The van der Waals surface area contributed by atoms with Gasteiger partial charge in [-0.1, -0.05) is 17.7 Å². The Bertz CT molecular complexity index is 467. The van der Waals surface area contributed by atoms with Gasteiger partial charge in [-0.15, -0.1) is 0 Å². The van der Waals surface area contributed by atoms with E-state index in [1.165, 1.54) is 12.8 Å². The zero-order chi connectivity index (χ0) is 15.2. The number of ether oxygens (including phenoxy) is 2. The molecule has 1 aromatic carbocycles. The highest BCUT2D eigenvalue weighted by atomic mass is 35.5. The quantitative estimate of drug-likeness (QED) is 0.840. The van der Waals surface area contributed by atoms with Crippen molar-refractivity contribution >= 4 is 11.6 Å². The van der Waals surface area contributed by atoms with Gasteiger partial charge in [0.1, 0.15) is 0 Å². The molecule has 0 bridgehead atoms. The number of hydrogen-bond acceptors (Lipinski definition) is 4. The minimum absolute atomic E-state index is 0.265. The average molecular weight is 314 g/mol. The van der Waals surface area contributed by atoms with Gasteiger partial charge < -0.3 is 14.6 Å². The molecule has 1 N–H and O–H groups in total. The van der Waals surface area contributed by atoms with E-state index in [1.807, 2.05) is 12.1 Å². The van der Waals surface area contributed by atoms with Gasteiger partial charge in [0.25, 0.3) is 0 Å². The highest BCUT2D eigenvalue weighted by molar-refractivity contribution is 6.33. The average Bonchev–Trinajstić information content (AvgIpc) is 2.94. The lowest BCUT2D eigenvalue weighted by atomic mass is 10.1. The van der Waals surface area contributed by atoms with Crippen LogP contribution in [-0.2, 0) is 6.54 Å². The van der Waals surface area contributed by atoms with Crippen molar-refractivity contribution < 1.29 is 14.6 Å². The zero-order valence-electron chi connectivity index (χ0n) is 12.8. The molecule has 0 saturated carbocycles. The number of rotatable bonds is 7. The molecule has 0 amide bonds. The van der Waals surface area contributed by atoms with Crippen molar-refractivity contribution in [2.75, 3.05) is 27.4 Å². The van der Waals surface area contributed by atoms with E-state index in [-0.39, 0.29) is 6.61 Å². The summed E-state index contributed by atoms with van der Waals surface area (Å²) in [7, 11) is 3.21. The fourth-order valence-electron chi connectivity index (χ4n) is 3.03. The molecule has 2 rings (SSSR count). The van der Waals surface area contributed by atoms with E-state index in [9.17, 15) is 0 Å². The van der Waals surface area contributed by atoms with Gasteiger partial charge in [-0.05, 0) is 43.9 Å². The molecule has 0 aromatic heterocycles. The lowest BCUT2D eigenvalue weighted by Gasteiger charge is -2.25.